The summed E-state index contributed by atoms with van der Waals surface area (Å²) >= 11 is 5.95. The number of rotatable bonds is 7. The fraction of sp³-hybridized carbons (Fsp3) is 0.174. The van der Waals surface area contributed by atoms with Gasteiger partial charge in [0, 0.05) is 16.8 Å². The van der Waals surface area contributed by atoms with E-state index in [0.717, 1.165) is 6.26 Å². The van der Waals surface area contributed by atoms with Gasteiger partial charge in [-0.3, -0.25) is 4.79 Å². The molecular formula is C23H23ClO6S. The molecule has 164 valence electrons. The van der Waals surface area contributed by atoms with Crippen molar-refractivity contribution in [1.29, 1.82) is 0 Å². The normalized spacial score (nSPS) is 10.5. The average Bonchev–Trinajstić information content (AvgIpc) is 2.70. The first kappa shape index (κ1) is 24.2. The van der Waals surface area contributed by atoms with Crippen LogP contribution < -0.4 is 9.47 Å². The van der Waals surface area contributed by atoms with Crippen molar-refractivity contribution in [2.45, 2.75) is 12.2 Å². The van der Waals surface area contributed by atoms with Gasteiger partial charge in [-0.05, 0) is 35.9 Å². The summed E-state index contributed by atoms with van der Waals surface area (Å²) in [5.41, 5.74) is 0.933. The zero-order valence-corrected chi connectivity index (χ0v) is 18.7. The molecule has 8 heteroatoms. The van der Waals surface area contributed by atoms with Gasteiger partial charge in [0.1, 0.15) is 5.75 Å². The number of carboxylic acid groups (broad SMARTS) is 1. The fourth-order valence-corrected chi connectivity index (χ4v) is 3.62. The van der Waals surface area contributed by atoms with Crippen LogP contribution in [0.3, 0.4) is 0 Å². The number of benzene rings is 3. The third-order valence-corrected chi connectivity index (χ3v) is 4.98. The fourth-order valence-electron chi connectivity index (χ4n) is 2.63. The van der Waals surface area contributed by atoms with E-state index in [-0.39, 0.29) is 12.2 Å². The quantitative estimate of drug-likeness (QED) is 0.531. The summed E-state index contributed by atoms with van der Waals surface area (Å²) in [6, 6.07) is 21.4. The van der Waals surface area contributed by atoms with Crippen molar-refractivity contribution in [1.82, 2.24) is 0 Å². The van der Waals surface area contributed by atoms with Crippen LogP contribution in [-0.2, 0) is 26.8 Å². The lowest BCUT2D eigenvalue weighted by Gasteiger charge is -2.14. The Morgan fingerprint density at radius 1 is 0.935 bits per heavy atom. The van der Waals surface area contributed by atoms with Crippen LogP contribution >= 0.6 is 11.6 Å². The number of sulfone groups is 1. The lowest BCUT2D eigenvalue weighted by atomic mass is 10.1. The summed E-state index contributed by atoms with van der Waals surface area (Å²) in [6.07, 6.45) is 0.947. The summed E-state index contributed by atoms with van der Waals surface area (Å²) < 4.78 is 34.3. The smallest absolute Gasteiger partial charge is 0.307 e. The summed E-state index contributed by atoms with van der Waals surface area (Å²) in [6.45, 7) is 0. The molecule has 31 heavy (non-hydrogen) atoms. The van der Waals surface area contributed by atoms with Crippen molar-refractivity contribution in [3.63, 3.8) is 0 Å². The molecule has 0 saturated carbocycles. The Hall–Kier alpha value is -3.03. The molecule has 0 aromatic heterocycles. The zero-order chi connectivity index (χ0) is 22.9. The van der Waals surface area contributed by atoms with Crippen LogP contribution in [0.25, 0.3) is 0 Å². The Morgan fingerprint density at radius 3 is 2.03 bits per heavy atom. The van der Waals surface area contributed by atoms with Gasteiger partial charge in [0.05, 0.1) is 19.3 Å². The predicted molar refractivity (Wildman–Crippen MR) is 121 cm³/mol. The van der Waals surface area contributed by atoms with Gasteiger partial charge in [0.25, 0.3) is 0 Å². The second-order valence-corrected chi connectivity index (χ2v) is 9.21. The molecule has 1 N–H and O–H groups in total. The van der Waals surface area contributed by atoms with E-state index < -0.39 is 15.8 Å². The van der Waals surface area contributed by atoms with E-state index in [4.69, 9.17) is 26.2 Å². The first-order valence-corrected chi connectivity index (χ1v) is 11.6. The molecular weight excluding hydrogens is 440 g/mol. The minimum atomic E-state index is -3.30. The van der Waals surface area contributed by atoms with Crippen molar-refractivity contribution < 1.29 is 27.8 Å². The van der Waals surface area contributed by atoms with Crippen molar-refractivity contribution >= 4 is 27.4 Å². The number of ether oxygens (including phenoxy) is 2. The number of methoxy groups -OCH3 is 1. The molecule has 0 heterocycles. The van der Waals surface area contributed by atoms with Crippen LogP contribution in [0.15, 0.2) is 72.8 Å². The maximum absolute atomic E-state index is 11.6. The highest BCUT2D eigenvalue weighted by Crippen LogP contribution is 2.35. The number of carboxylic acids is 1. The number of halogens is 1. The molecule has 0 bridgehead atoms. The van der Waals surface area contributed by atoms with Gasteiger partial charge in [-0.15, -0.1) is 0 Å². The van der Waals surface area contributed by atoms with Gasteiger partial charge in [0.2, 0.25) is 0 Å². The molecule has 0 amide bonds. The highest BCUT2D eigenvalue weighted by Gasteiger charge is 2.15. The summed E-state index contributed by atoms with van der Waals surface area (Å²) in [5, 5.41) is 9.31. The SMILES string of the molecule is COc1ccc(CC(=O)O)cc1Oc1ccc(Cl)cc1CS(C)(=O)=O.c1ccccc1. The zero-order valence-electron chi connectivity index (χ0n) is 17.1. The van der Waals surface area contributed by atoms with Crippen molar-refractivity contribution in [2.75, 3.05) is 13.4 Å². The molecule has 3 aromatic rings. The van der Waals surface area contributed by atoms with E-state index in [1.54, 1.807) is 30.3 Å². The molecule has 0 aliphatic heterocycles. The van der Waals surface area contributed by atoms with Crippen LogP contribution in [0.5, 0.6) is 17.2 Å². The Kier molecular flexibility index (Phi) is 8.90. The topological polar surface area (TPSA) is 89.9 Å². The van der Waals surface area contributed by atoms with Crippen molar-refractivity contribution in [3.05, 3.63) is 88.9 Å². The van der Waals surface area contributed by atoms with E-state index in [1.165, 1.54) is 13.2 Å². The molecule has 0 aliphatic rings. The molecule has 0 unspecified atom stereocenters. The number of aliphatic carboxylic acids is 1. The van der Waals surface area contributed by atoms with E-state index in [9.17, 15) is 13.2 Å². The lowest BCUT2D eigenvalue weighted by molar-refractivity contribution is -0.136. The van der Waals surface area contributed by atoms with E-state index in [2.05, 4.69) is 0 Å². The Bertz CT molecular complexity index is 1090. The Balaban J connectivity index is 0.000000488. The van der Waals surface area contributed by atoms with Crippen LogP contribution in [0.4, 0.5) is 0 Å². The van der Waals surface area contributed by atoms with Gasteiger partial charge in [-0.25, -0.2) is 8.42 Å². The van der Waals surface area contributed by atoms with Crippen molar-refractivity contribution in [3.8, 4) is 17.2 Å². The lowest BCUT2D eigenvalue weighted by Crippen LogP contribution is -2.04. The maximum atomic E-state index is 11.6. The molecule has 0 spiro atoms. The van der Waals surface area contributed by atoms with Gasteiger partial charge in [-0.2, -0.15) is 0 Å². The maximum Gasteiger partial charge on any atom is 0.307 e. The predicted octanol–water partition coefficient (Wildman–Crippen LogP) is 5.00. The van der Waals surface area contributed by atoms with Gasteiger partial charge >= 0.3 is 5.97 Å². The minimum absolute atomic E-state index is 0.169. The third-order valence-electron chi connectivity index (χ3n) is 3.91. The first-order valence-electron chi connectivity index (χ1n) is 9.20. The Labute approximate surface area is 186 Å². The van der Waals surface area contributed by atoms with E-state index >= 15 is 0 Å². The van der Waals surface area contributed by atoms with Crippen LogP contribution in [0.1, 0.15) is 11.1 Å². The first-order chi connectivity index (χ1) is 14.7. The highest BCUT2D eigenvalue weighted by molar-refractivity contribution is 7.89. The number of hydrogen-bond donors (Lipinski definition) is 1. The summed E-state index contributed by atoms with van der Waals surface area (Å²) in [4.78, 5) is 10.9. The molecule has 6 nitrogen and oxygen atoms in total. The molecule has 3 rings (SSSR count). The van der Waals surface area contributed by atoms with Crippen LogP contribution in [0.2, 0.25) is 5.02 Å². The number of carbonyl (C=O) groups is 1. The molecule has 0 radical (unpaired) electrons. The second kappa shape index (κ2) is 11.4. The van der Waals surface area contributed by atoms with E-state index in [1.807, 2.05) is 36.4 Å². The second-order valence-electron chi connectivity index (χ2n) is 6.63. The van der Waals surface area contributed by atoms with Crippen LogP contribution in [0, 0.1) is 0 Å². The van der Waals surface area contributed by atoms with Gasteiger partial charge < -0.3 is 14.6 Å². The minimum Gasteiger partial charge on any atom is -0.493 e. The van der Waals surface area contributed by atoms with E-state index in [0.29, 0.717) is 33.4 Å². The summed E-state index contributed by atoms with van der Waals surface area (Å²) in [5.74, 6) is -0.214. The highest BCUT2D eigenvalue weighted by atomic mass is 35.5. The third kappa shape index (κ3) is 8.70. The number of hydrogen-bond acceptors (Lipinski definition) is 5. The summed E-state index contributed by atoms with van der Waals surface area (Å²) in [7, 11) is -1.84. The monoisotopic (exact) mass is 462 g/mol. The molecule has 0 atom stereocenters. The van der Waals surface area contributed by atoms with Crippen molar-refractivity contribution in [2.24, 2.45) is 0 Å². The van der Waals surface area contributed by atoms with Gasteiger partial charge in [0.15, 0.2) is 21.3 Å². The average molecular weight is 463 g/mol. The van der Waals surface area contributed by atoms with Crippen LogP contribution in [-0.4, -0.2) is 32.9 Å². The molecule has 0 saturated heterocycles. The Morgan fingerprint density at radius 2 is 1.52 bits per heavy atom. The van der Waals surface area contributed by atoms with Gasteiger partial charge in [-0.1, -0.05) is 54.1 Å². The molecule has 0 aliphatic carbocycles. The largest absolute Gasteiger partial charge is 0.493 e. The molecule has 3 aromatic carbocycles. The molecule has 0 fully saturated rings. The standard InChI is InChI=1S/C17H17ClO6S.C6H6/c1-23-15-5-3-11(8-17(19)20)7-16(15)24-14-6-4-13(18)9-12(14)10-25(2,21)22;1-2-4-6-5-3-1/h3-7,9H,8,10H2,1-2H3,(H,19,20);1-6H.